The number of rotatable bonds is 2. The molecule has 0 saturated carbocycles. The second kappa shape index (κ2) is 4.98. The minimum absolute atomic E-state index is 0.145. The van der Waals surface area contributed by atoms with Gasteiger partial charge in [0.15, 0.2) is 0 Å². The van der Waals surface area contributed by atoms with Crippen molar-refractivity contribution < 1.29 is 0 Å². The Balaban J connectivity index is 2.04. The molecule has 0 radical (unpaired) electrons. The molecule has 2 N–H and O–H groups in total. The molecule has 0 amide bonds. The zero-order valence-electron chi connectivity index (χ0n) is 10.3. The Bertz CT molecular complexity index is 321. The molecule has 1 saturated heterocycles. The van der Waals surface area contributed by atoms with Crippen LogP contribution < -0.4 is 5.73 Å². The molecule has 1 heterocycles. The largest absolute Gasteiger partial charge is 0.324 e. The molecular formula is C14H22N2. The Hall–Kier alpha value is -0.860. The SMILES string of the molecule is CC(N)c1ccc(C2CCN(C)CC2)cc1. The van der Waals surface area contributed by atoms with Crippen LogP contribution in [0.4, 0.5) is 0 Å². The Morgan fingerprint density at radius 3 is 2.25 bits per heavy atom. The minimum atomic E-state index is 0.145. The zero-order chi connectivity index (χ0) is 11.5. The molecule has 1 aromatic carbocycles. The average molecular weight is 218 g/mol. The molecule has 2 nitrogen and oxygen atoms in total. The van der Waals surface area contributed by atoms with Crippen LogP contribution in [0.5, 0.6) is 0 Å². The topological polar surface area (TPSA) is 29.3 Å². The van der Waals surface area contributed by atoms with Gasteiger partial charge in [0.25, 0.3) is 0 Å². The van der Waals surface area contributed by atoms with Crippen LogP contribution in [-0.2, 0) is 0 Å². The quantitative estimate of drug-likeness (QED) is 0.826. The molecule has 88 valence electrons. The van der Waals surface area contributed by atoms with Crippen molar-refractivity contribution in [2.75, 3.05) is 20.1 Å². The maximum absolute atomic E-state index is 5.85. The lowest BCUT2D eigenvalue weighted by molar-refractivity contribution is 0.255. The summed E-state index contributed by atoms with van der Waals surface area (Å²) >= 11 is 0. The van der Waals surface area contributed by atoms with Gasteiger partial charge in [0.2, 0.25) is 0 Å². The van der Waals surface area contributed by atoms with Crippen LogP contribution in [0.3, 0.4) is 0 Å². The molecule has 0 spiro atoms. The van der Waals surface area contributed by atoms with E-state index in [1.54, 1.807) is 0 Å². The van der Waals surface area contributed by atoms with Crippen LogP contribution in [0.25, 0.3) is 0 Å². The summed E-state index contributed by atoms with van der Waals surface area (Å²) in [6, 6.07) is 9.02. The van der Waals surface area contributed by atoms with E-state index in [1.807, 2.05) is 6.92 Å². The van der Waals surface area contributed by atoms with Crippen LogP contribution in [0.1, 0.15) is 42.9 Å². The third kappa shape index (κ3) is 2.63. The first-order chi connectivity index (χ1) is 7.66. The first-order valence-electron chi connectivity index (χ1n) is 6.21. The predicted octanol–water partition coefficient (Wildman–Crippen LogP) is 2.52. The van der Waals surface area contributed by atoms with Gasteiger partial charge in [-0.1, -0.05) is 24.3 Å². The number of nitrogens with two attached hydrogens (primary N) is 1. The van der Waals surface area contributed by atoms with Crippen molar-refractivity contribution in [3.05, 3.63) is 35.4 Å². The van der Waals surface area contributed by atoms with Gasteiger partial charge in [-0.3, -0.25) is 0 Å². The van der Waals surface area contributed by atoms with Crippen molar-refractivity contribution in [2.24, 2.45) is 5.73 Å². The van der Waals surface area contributed by atoms with E-state index in [9.17, 15) is 0 Å². The minimum Gasteiger partial charge on any atom is -0.324 e. The third-order valence-corrected chi connectivity index (χ3v) is 3.65. The van der Waals surface area contributed by atoms with Crippen LogP contribution in [0.2, 0.25) is 0 Å². The van der Waals surface area contributed by atoms with Gasteiger partial charge < -0.3 is 10.6 Å². The molecule has 1 aliphatic rings. The maximum Gasteiger partial charge on any atom is 0.0266 e. The lowest BCUT2D eigenvalue weighted by atomic mass is 9.89. The van der Waals surface area contributed by atoms with Gasteiger partial charge in [0.05, 0.1) is 0 Å². The van der Waals surface area contributed by atoms with E-state index in [-0.39, 0.29) is 6.04 Å². The fourth-order valence-electron chi connectivity index (χ4n) is 2.41. The van der Waals surface area contributed by atoms with Crippen molar-refractivity contribution >= 4 is 0 Å². The highest BCUT2D eigenvalue weighted by Gasteiger charge is 2.18. The van der Waals surface area contributed by atoms with Crippen LogP contribution in [0, 0.1) is 0 Å². The van der Waals surface area contributed by atoms with Gasteiger partial charge in [0, 0.05) is 6.04 Å². The van der Waals surface area contributed by atoms with Crippen molar-refractivity contribution in [1.82, 2.24) is 4.90 Å². The lowest BCUT2D eigenvalue weighted by Gasteiger charge is -2.29. The molecule has 1 fully saturated rings. The van der Waals surface area contributed by atoms with E-state index in [4.69, 9.17) is 5.73 Å². The first-order valence-corrected chi connectivity index (χ1v) is 6.21. The molecular weight excluding hydrogens is 196 g/mol. The molecule has 0 bridgehead atoms. The predicted molar refractivity (Wildman–Crippen MR) is 68.5 cm³/mol. The van der Waals surface area contributed by atoms with Gasteiger partial charge in [-0.2, -0.15) is 0 Å². The lowest BCUT2D eigenvalue weighted by Crippen LogP contribution is -2.29. The highest BCUT2D eigenvalue weighted by molar-refractivity contribution is 5.27. The second-order valence-electron chi connectivity index (χ2n) is 5.03. The number of hydrogen-bond acceptors (Lipinski definition) is 2. The average Bonchev–Trinajstić information content (AvgIpc) is 2.30. The van der Waals surface area contributed by atoms with Crippen LogP contribution in [-0.4, -0.2) is 25.0 Å². The van der Waals surface area contributed by atoms with E-state index < -0.39 is 0 Å². The summed E-state index contributed by atoms with van der Waals surface area (Å²) < 4.78 is 0. The number of nitrogens with zero attached hydrogens (tertiary/aromatic N) is 1. The van der Waals surface area contributed by atoms with Gasteiger partial charge in [-0.15, -0.1) is 0 Å². The molecule has 2 rings (SSSR count). The Kier molecular flexibility index (Phi) is 3.62. The van der Waals surface area contributed by atoms with Crippen LogP contribution >= 0.6 is 0 Å². The number of hydrogen-bond donors (Lipinski definition) is 1. The standard InChI is InChI=1S/C14H22N2/c1-11(15)12-3-5-13(6-4-12)14-7-9-16(2)10-8-14/h3-6,11,14H,7-10,15H2,1-2H3. The Morgan fingerprint density at radius 2 is 1.75 bits per heavy atom. The van der Waals surface area contributed by atoms with Crippen LogP contribution in [0.15, 0.2) is 24.3 Å². The van der Waals surface area contributed by atoms with Gasteiger partial charge in [0.1, 0.15) is 0 Å². The number of likely N-dealkylation sites (tertiary alicyclic amines) is 1. The molecule has 2 heteroatoms. The summed E-state index contributed by atoms with van der Waals surface area (Å²) in [4.78, 5) is 2.41. The monoisotopic (exact) mass is 218 g/mol. The van der Waals surface area contributed by atoms with Crippen molar-refractivity contribution in [3.63, 3.8) is 0 Å². The zero-order valence-corrected chi connectivity index (χ0v) is 10.3. The third-order valence-electron chi connectivity index (χ3n) is 3.65. The molecule has 1 unspecified atom stereocenters. The fourth-order valence-corrected chi connectivity index (χ4v) is 2.41. The van der Waals surface area contributed by atoms with E-state index in [0.29, 0.717) is 0 Å². The highest BCUT2D eigenvalue weighted by atomic mass is 15.1. The van der Waals surface area contributed by atoms with Crippen molar-refractivity contribution in [2.45, 2.75) is 31.7 Å². The molecule has 0 aromatic heterocycles. The van der Waals surface area contributed by atoms with E-state index >= 15 is 0 Å². The smallest absolute Gasteiger partial charge is 0.0266 e. The summed E-state index contributed by atoms with van der Waals surface area (Å²) in [5.74, 6) is 0.748. The number of benzene rings is 1. The normalized spacial score (nSPS) is 20.9. The summed E-state index contributed by atoms with van der Waals surface area (Å²) in [7, 11) is 2.20. The van der Waals surface area contributed by atoms with E-state index in [1.165, 1.54) is 37.1 Å². The van der Waals surface area contributed by atoms with Gasteiger partial charge in [-0.25, -0.2) is 0 Å². The van der Waals surface area contributed by atoms with Gasteiger partial charge >= 0.3 is 0 Å². The van der Waals surface area contributed by atoms with Crippen molar-refractivity contribution in [3.8, 4) is 0 Å². The molecule has 1 aliphatic heterocycles. The fraction of sp³-hybridized carbons (Fsp3) is 0.571. The Labute approximate surface area is 98.4 Å². The maximum atomic E-state index is 5.85. The Morgan fingerprint density at radius 1 is 1.19 bits per heavy atom. The highest BCUT2D eigenvalue weighted by Crippen LogP contribution is 2.28. The van der Waals surface area contributed by atoms with E-state index in [2.05, 4.69) is 36.2 Å². The summed E-state index contributed by atoms with van der Waals surface area (Å²) in [5.41, 5.74) is 8.57. The molecule has 1 atom stereocenters. The molecule has 0 aliphatic carbocycles. The summed E-state index contributed by atoms with van der Waals surface area (Å²) in [5, 5.41) is 0. The summed E-state index contributed by atoms with van der Waals surface area (Å²) in [6.07, 6.45) is 2.57. The van der Waals surface area contributed by atoms with Crippen molar-refractivity contribution in [1.29, 1.82) is 0 Å². The van der Waals surface area contributed by atoms with E-state index in [0.717, 1.165) is 5.92 Å². The number of piperidine rings is 1. The molecule has 1 aromatic rings. The van der Waals surface area contributed by atoms with Gasteiger partial charge in [-0.05, 0) is 56.9 Å². The first kappa shape index (κ1) is 11.6. The summed E-state index contributed by atoms with van der Waals surface area (Å²) in [6.45, 7) is 4.48. The molecule has 16 heavy (non-hydrogen) atoms. The second-order valence-corrected chi connectivity index (χ2v) is 5.03.